The van der Waals surface area contributed by atoms with E-state index < -0.39 is 0 Å². The Kier molecular flexibility index (Phi) is 2.94. The number of aromatic nitrogens is 2. The SMILES string of the molecule is O=Cc1ccc(-c2ccc(-c3nc4ncccc4o3)c(O)c2)o1. The van der Waals surface area contributed by atoms with Gasteiger partial charge in [0.2, 0.25) is 5.89 Å². The van der Waals surface area contributed by atoms with E-state index in [-0.39, 0.29) is 17.4 Å². The molecule has 0 bridgehead atoms. The van der Waals surface area contributed by atoms with Gasteiger partial charge >= 0.3 is 0 Å². The maximum absolute atomic E-state index is 10.7. The van der Waals surface area contributed by atoms with Crippen molar-refractivity contribution in [2.75, 3.05) is 0 Å². The van der Waals surface area contributed by atoms with Crippen molar-refractivity contribution in [3.05, 3.63) is 54.4 Å². The number of phenolic OH excluding ortho intramolecular Hbond substituents is 1. The summed E-state index contributed by atoms with van der Waals surface area (Å²) in [6.07, 6.45) is 2.25. The molecule has 6 nitrogen and oxygen atoms in total. The number of nitrogens with zero attached hydrogens (tertiary/aromatic N) is 2. The van der Waals surface area contributed by atoms with Gasteiger partial charge in [0.05, 0.1) is 5.56 Å². The lowest BCUT2D eigenvalue weighted by Crippen LogP contribution is -1.81. The Morgan fingerprint density at radius 2 is 2.00 bits per heavy atom. The normalized spacial score (nSPS) is 11.0. The quantitative estimate of drug-likeness (QED) is 0.581. The first kappa shape index (κ1) is 13.3. The van der Waals surface area contributed by atoms with Gasteiger partial charge in [-0.15, -0.1) is 0 Å². The molecule has 3 aromatic heterocycles. The van der Waals surface area contributed by atoms with Crippen molar-refractivity contribution in [3.8, 4) is 28.5 Å². The molecule has 23 heavy (non-hydrogen) atoms. The summed E-state index contributed by atoms with van der Waals surface area (Å²) in [5.41, 5.74) is 2.13. The van der Waals surface area contributed by atoms with Crippen LogP contribution in [0, 0.1) is 0 Å². The number of oxazole rings is 1. The Hall–Kier alpha value is -3.41. The molecule has 1 N–H and O–H groups in total. The van der Waals surface area contributed by atoms with Crippen molar-refractivity contribution in [3.63, 3.8) is 0 Å². The predicted molar refractivity (Wildman–Crippen MR) is 82.0 cm³/mol. The lowest BCUT2D eigenvalue weighted by molar-refractivity contribution is 0.110. The van der Waals surface area contributed by atoms with E-state index >= 15 is 0 Å². The average molecular weight is 306 g/mol. The highest BCUT2D eigenvalue weighted by Gasteiger charge is 2.14. The molecule has 0 atom stereocenters. The fraction of sp³-hybridized carbons (Fsp3) is 0. The average Bonchev–Trinajstić information content (AvgIpc) is 3.21. The van der Waals surface area contributed by atoms with Crippen molar-refractivity contribution >= 4 is 17.5 Å². The molecule has 0 radical (unpaired) electrons. The molecule has 0 aliphatic rings. The first-order valence-electron chi connectivity index (χ1n) is 6.85. The number of carbonyl (C=O) groups is 1. The Labute approximate surface area is 130 Å². The Bertz CT molecular complexity index is 983. The van der Waals surface area contributed by atoms with Gasteiger partial charge < -0.3 is 13.9 Å². The second kappa shape index (κ2) is 5.10. The molecule has 4 rings (SSSR count). The molecular formula is C17H10N2O4. The zero-order valence-electron chi connectivity index (χ0n) is 11.8. The molecule has 0 spiro atoms. The summed E-state index contributed by atoms with van der Waals surface area (Å²) in [6.45, 7) is 0. The van der Waals surface area contributed by atoms with Crippen LogP contribution in [0.5, 0.6) is 5.75 Å². The second-order valence-electron chi connectivity index (χ2n) is 4.90. The second-order valence-corrected chi connectivity index (χ2v) is 4.90. The lowest BCUT2D eigenvalue weighted by Gasteiger charge is -2.02. The van der Waals surface area contributed by atoms with Crippen LogP contribution in [0.3, 0.4) is 0 Å². The number of rotatable bonds is 3. The van der Waals surface area contributed by atoms with E-state index in [2.05, 4.69) is 9.97 Å². The van der Waals surface area contributed by atoms with Crippen molar-refractivity contribution in [2.24, 2.45) is 0 Å². The van der Waals surface area contributed by atoms with E-state index in [9.17, 15) is 9.90 Å². The van der Waals surface area contributed by atoms with E-state index in [4.69, 9.17) is 8.83 Å². The summed E-state index contributed by atoms with van der Waals surface area (Å²) in [5, 5.41) is 10.3. The fourth-order valence-electron chi connectivity index (χ4n) is 2.32. The predicted octanol–water partition coefficient (Wildman–Crippen LogP) is 3.67. The van der Waals surface area contributed by atoms with Gasteiger partial charge in [0.1, 0.15) is 11.5 Å². The standard InChI is InChI=1S/C17H10N2O4/c20-9-11-4-6-14(22-11)10-3-5-12(13(21)8-10)17-19-16-15(23-17)2-1-7-18-16/h1-9,21H. The minimum Gasteiger partial charge on any atom is -0.507 e. The Morgan fingerprint density at radius 3 is 2.74 bits per heavy atom. The third kappa shape index (κ3) is 2.26. The van der Waals surface area contributed by atoms with Crippen molar-refractivity contribution in [1.29, 1.82) is 0 Å². The van der Waals surface area contributed by atoms with E-state index in [0.717, 1.165) is 0 Å². The fourth-order valence-corrected chi connectivity index (χ4v) is 2.32. The minimum atomic E-state index is -0.00175. The highest BCUT2D eigenvalue weighted by Crippen LogP contribution is 2.34. The number of carbonyl (C=O) groups excluding carboxylic acids is 1. The topological polar surface area (TPSA) is 89.4 Å². The van der Waals surface area contributed by atoms with Gasteiger partial charge in [-0.1, -0.05) is 6.07 Å². The number of pyridine rings is 1. The number of hydrogen-bond donors (Lipinski definition) is 1. The molecule has 3 heterocycles. The molecule has 1 aromatic carbocycles. The summed E-state index contributed by atoms with van der Waals surface area (Å²) < 4.78 is 10.9. The number of fused-ring (bicyclic) bond motifs is 1. The van der Waals surface area contributed by atoms with Crippen LogP contribution < -0.4 is 0 Å². The van der Waals surface area contributed by atoms with Gasteiger partial charge in [-0.3, -0.25) is 4.79 Å². The summed E-state index contributed by atoms with van der Waals surface area (Å²) in [4.78, 5) is 19.0. The van der Waals surface area contributed by atoms with Crippen LogP contribution in [0.25, 0.3) is 34.0 Å². The number of benzene rings is 1. The van der Waals surface area contributed by atoms with Gasteiger partial charge in [-0.2, -0.15) is 4.98 Å². The highest BCUT2D eigenvalue weighted by atomic mass is 16.4. The first-order chi connectivity index (χ1) is 11.2. The van der Waals surface area contributed by atoms with E-state index in [1.165, 1.54) is 6.07 Å². The Morgan fingerprint density at radius 1 is 1.09 bits per heavy atom. The third-order valence-corrected chi connectivity index (χ3v) is 3.42. The maximum Gasteiger partial charge on any atom is 0.232 e. The zero-order valence-corrected chi connectivity index (χ0v) is 11.8. The molecule has 0 aliphatic carbocycles. The number of phenols is 1. The van der Waals surface area contributed by atoms with E-state index in [1.54, 1.807) is 42.6 Å². The molecule has 4 aromatic rings. The molecule has 0 unspecified atom stereocenters. The molecule has 6 heteroatoms. The van der Waals surface area contributed by atoms with Crippen LogP contribution in [0.1, 0.15) is 10.6 Å². The largest absolute Gasteiger partial charge is 0.507 e. The van der Waals surface area contributed by atoms with Gasteiger partial charge in [0, 0.05) is 11.8 Å². The molecule has 0 saturated heterocycles. The van der Waals surface area contributed by atoms with Crippen LogP contribution in [0.2, 0.25) is 0 Å². The molecule has 112 valence electrons. The van der Waals surface area contributed by atoms with Crippen LogP contribution in [0.4, 0.5) is 0 Å². The third-order valence-electron chi connectivity index (χ3n) is 3.42. The van der Waals surface area contributed by atoms with Crippen LogP contribution in [0.15, 0.2) is 57.5 Å². The number of aromatic hydroxyl groups is 1. The Balaban J connectivity index is 1.76. The zero-order chi connectivity index (χ0) is 15.8. The lowest BCUT2D eigenvalue weighted by atomic mass is 10.1. The van der Waals surface area contributed by atoms with Gasteiger partial charge in [0.15, 0.2) is 23.3 Å². The minimum absolute atomic E-state index is 0.00175. The van der Waals surface area contributed by atoms with E-state index in [1.807, 2.05) is 0 Å². The molecular weight excluding hydrogens is 296 g/mol. The molecule has 0 fully saturated rings. The van der Waals surface area contributed by atoms with Crippen LogP contribution in [-0.4, -0.2) is 21.4 Å². The van der Waals surface area contributed by atoms with Crippen molar-refractivity contribution < 1.29 is 18.7 Å². The van der Waals surface area contributed by atoms with Gasteiger partial charge in [-0.05, 0) is 36.4 Å². The van der Waals surface area contributed by atoms with Gasteiger partial charge in [-0.25, -0.2) is 4.98 Å². The summed E-state index contributed by atoms with van der Waals surface area (Å²) in [7, 11) is 0. The monoisotopic (exact) mass is 306 g/mol. The smallest absolute Gasteiger partial charge is 0.232 e. The molecule has 0 aliphatic heterocycles. The van der Waals surface area contributed by atoms with Crippen LogP contribution in [-0.2, 0) is 0 Å². The summed E-state index contributed by atoms with van der Waals surface area (Å²) in [6, 6.07) is 11.7. The number of hydrogen-bond acceptors (Lipinski definition) is 6. The first-order valence-corrected chi connectivity index (χ1v) is 6.85. The van der Waals surface area contributed by atoms with Gasteiger partial charge in [0.25, 0.3) is 0 Å². The van der Waals surface area contributed by atoms with Crippen LogP contribution >= 0.6 is 0 Å². The number of furan rings is 1. The summed E-state index contributed by atoms with van der Waals surface area (Å²) >= 11 is 0. The molecule has 0 amide bonds. The number of aldehydes is 1. The highest BCUT2D eigenvalue weighted by molar-refractivity contribution is 5.77. The van der Waals surface area contributed by atoms with E-state index in [0.29, 0.717) is 34.4 Å². The van der Waals surface area contributed by atoms with Crippen molar-refractivity contribution in [1.82, 2.24) is 9.97 Å². The molecule has 0 saturated carbocycles. The maximum atomic E-state index is 10.7. The van der Waals surface area contributed by atoms with Crippen molar-refractivity contribution in [2.45, 2.75) is 0 Å². The summed E-state index contributed by atoms with van der Waals surface area (Å²) in [5.74, 6) is 1.01.